The summed E-state index contributed by atoms with van der Waals surface area (Å²) in [5.41, 5.74) is 1.06. The van der Waals surface area contributed by atoms with Crippen LogP contribution in [-0.2, 0) is 10.0 Å². The van der Waals surface area contributed by atoms with Crippen LogP contribution in [0, 0.1) is 0 Å². The molecule has 0 fully saturated rings. The van der Waals surface area contributed by atoms with Crippen molar-refractivity contribution in [3.05, 3.63) is 28.8 Å². The summed E-state index contributed by atoms with van der Waals surface area (Å²) in [6, 6.07) is 2.13. The van der Waals surface area contributed by atoms with Crippen LogP contribution in [0.5, 0.6) is 5.75 Å². The Morgan fingerprint density at radius 1 is 1.35 bits per heavy atom. The molecule has 1 aromatic rings. The van der Waals surface area contributed by atoms with Crippen molar-refractivity contribution in [2.75, 3.05) is 18.4 Å². The summed E-state index contributed by atoms with van der Waals surface area (Å²) in [6.07, 6.45) is 3.77. The Kier molecular flexibility index (Phi) is 6.54. The van der Waals surface area contributed by atoms with Crippen LogP contribution < -0.4 is 10.6 Å². The fourth-order valence-electron chi connectivity index (χ4n) is 2.94. The number of sulfonamides is 1. The number of carbonyl (C=O) groups excluding carboxylic acids is 1. The second-order valence-electron chi connectivity index (χ2n) is 6.04. The summed E-state index contributed by atoms with van der Waals surface area (Å²) in [7, 11) is -3.98. The van der Waals surface area contributed by atoms with Crippen molar-refractivity contribution < 1.29 is 18.3 Å². The first kappa shape index (κ1) is 20.5. The fourth-order valence-corrected chi connectivity index (χ4v) is 4.99. The highest BCUT2D eigenvalue weighted by atomic mass is 35.5. The van der Waals surface area contributed by atoms with E-state index in [1.807, 2.05) is 6.92 Å². The molecule has 0 saturated carbocycles. The van der Waals surface area contributed by atoms with Crippen molar-refractivity contribution in [1.82, 2.24) is 9.62 Å². The third-order valence-corrected chi connectivity index (χ3v) is 6.96. The number of nitrogens with one attached hydrogen (secondary N) is 2. The molecule has 2 amide bonds. The molecule has 2 rings (SSSR count). The number of urea groups is 1. The Morgan fingerprint density at radius 3 is 2.54 bits per heavy atom. The van der Waals surface area contributed by atoms with Gasteiger partial charge in [0.1, 0.15) is 4.90 Å². The second-order valence-corrected chi connectivity index (χ2v) is 8.32. The minimum Gasteiger partial charge on any atom is -0.504 e. The number of anilines is 1. The Bertz CT molecular complexity index is 820. The maximum Gasteiger partial charge on any atom is 0.319 e. The zero-order valence-corrected chi connectivity index (χ0v) is 16.6. The highest BCUT2D eigenvalue weighted by molar-refractivity contribution is 7.89. The molecule has 0 heterocycles. The first-order valence-electron chi connectivity index (χ1n) is 8.48. The Morgan fingerprint density at radius 2 is 2.00 bits per heavy atom. The van der Waals surface area contributed by atoms with Crippen molar-refractivity contribution in [3.63, 3.8) is 0 Å². The Hall–Kier alpha value is -1.77. The van der Waals surface area contributed by atoms with E-state index in [4.69, 9.17) is 11.6 Å². The van der Waals surface area contributed by atoms with Crippen LogP contribution in [-0.4, -0.2) is 43.0 Å². The van der Waals surface area contributed by atoms with Gasteiger partial charge in [0.15, 0.2) is 5.75 Å². The number of hydrogen-bond acceptors (Lipinski definition) is 4. The second kappa shape index (κ2) is 8.28. The third kappa shape index (κ3) is 4.13. The van der Waals surface area contributed by atoms with E-state index in [2.05, 4.69) is 16.7 Å². The number of carbonyl (C=O) groups is 1. The Balaban J connectivity index is 2.29. The number of phenols is 1. The van der Waals surface area contributed by atoms with Gasteiger partial charge in [-0.2, -0.15) is 4.31 Å². The summed E-state index contributed by atoms with van der Waals surface area (Å²) < 4.78 is 26.7. The van der Waals surface area contributed by atoms with Crippen LogP contribution >= 0.6 is 11.6 Å². The van der Waals surface area contributed by atoms with Gasteiger partial charge in [-0.05, 0) is 31.9 Å². The highest BCUT2D eigenvalue weighted by Gasteiger charge is 2.30. The molecular formula is C17H24ClN3O4S. The standard InChI is InChI=1S/C17H24ClN3O4S/c1-4-21(5-2)26(24,25)16-12(18)9-10-14(15(16)22)20-17(23)19-13-8-6-7-11(13)3/h7,9-10,13,22H,4-6,8H2,1-3H3,(H2,19,20,23). The number of hydrogen-bond donors (Lipinski definition) is 3. The summed E-state index contributed by atoms with van der Waals surface area (Å²) in [4.78, 5) is 11.8. The Labute approximate surface area is 159 Å². The van der Waals surface area contributed by atoms with Crippen molar-refractivity contribution in [2.45, 2.75) is 44.6 Å². The van der Waals surface area contributed by atoms with Gasteiger partial charge in [-0.3, -0.25) is 0 Å². The third-order valence-electron chi connectivity index (χ3n) is 4.41. The van der Waals surface area contributed by atoms with E-state index in [0.717, 1.165) is 18.4 Å². The van der Waals surface area contributed by atoms with E-state index in [9.17, 15) is 18.3 Å². The smallest absolute Gasteiger partial charge is 0.319 e. The van der Waals surface area contributed by atoms with Gasteiger partial charge in [0, 0.05) is 13.1 Å². The summed E-state index contributed by atoms with van der Waals surface area (Å²) >= 11 is 6.04. The van der Waals surface area contributed by atoms with E-state index in [1.54, 1.807) is 13.8 Å². The summed E-state index contributed by atoms with van der Waals surface area (Å²) in [5.74, 6) is -0.571. The van der Waals surface area contributed by atoms with Gasteiger partial charge in [0.25, 0.3) is 0 Å². The molecule has 0 spiro atoms. The number of benzene rings is 1. The molecular weight excluding hydrogens is 378 g/mol. The van der Waals surface area contributed by atoms with E-state index in [-0.39, 0.29) is 29.8 Å². The molecule has 1 aliphatic carbocycles. The average Bonchev–Trinajstić information content (AvgIpc) is 2.96. The molecule has 7 nitrogen and oxygen atoms in total. The van der Waals surface area contributed by atoms with Crippen molar-refractivity contribution >= 4 is 33.3 Å². The van der Waals surface area contributed by atoms with Crippen LogP contribution in [0.25, 0.3) is 0 Å². The molecule has 0 saturated heterocycles. The highest BCUT2D eigenvalue weighted by Crippen LogP contribution is 2.38. The van der Waals surface area contributed by atoms with Crippen LogP contribution in [0.4, 0.5) is 10.5 Å². The van der Waals surface area contributed by atoms with Crippen molar-refractivity contribution in [1.29, 1.82) is 0 Å². The number of amides is 2. The lowest BCUT2D eigenvalue weighted by Gasteiger charge is -2.21. The molecule has 1 aromatic carbocycles. The normalized spacial score (nSPS) is 17.3. The largest absolute Gasteiger partial charge is 0.504 e. The predicted molar refractivity (Wildman–Crippen MR) is 102 cm³/mol. The van der Waals surface area contributed by atoms with Crippen LogP contribution in [0.1, 0.15) is 33.6 Å². The molecule has 1 unspecified atom stereocenters. The molecule has 0 aromatic heterocycles. The van der Waals surface area contributed by atoms with Crippen molar-refractivity contribution in [2.24, 2.45) is 0 Å². The topological polar surface area (TPSA) is 98.7 Å². The molecule has 26 heavy (non-hydrogen) atoms. The number of phenolic OH excluding ortho intramolecular Hbond substituents is 1. The zero-order chi connectivity index (χ0) is 19.5. The van der Waals surface area contributed by atoms with Crippen LogP contribution in [0.2, 0.25) is 5.02 Å². The van der Waals surface area contributed by atoms with E-state index in [1.165, 1.54) is 16.4 Å². The number of rotatable bonds is 6. The van der Waals surface area contributed by atoms with Gasteiger partial charge in [0.05, 0.1) is 16.8 Å². The number of allylic oxidation sites excluding steroid dienone is 1. The minimum absolute atomic E-state index is 0.0164. The first-order valence-corrected chi connectivity index (χ1v) is 10.3. The maximum absolute atomic E-state index is 12.7. The SMILES string of the molecule is CCN(CC)S(=O)(=O)c1c(Cl)ccc(NC(=O)NC2CCC=C2C)c1O. The molecule has 1 aliphatic rings. The summed E-state index contributed by atoms with van der Waals surface area (Å²) in [5, 5.41) is 15.7. The predicted octanol–water partition coefficient (Wildman–Crippen LogP) is 3.31. The quantitative estimate of drug-likeness (QED) is 0.503. The lowest BCUT2D eigenvalue weighted by atomic mass is 10.2. The summed E-state index contributed by atoms with van der Waals surface area (Å²) in [6.45, 7) is 5.80. The number of aromatic hydroxyl groups is 1. The molecule has 144 valence electrons. The molecule has 0 radical (unpaired) electrons. The molecule has 0 aliphatic heterocycles. The number of halogens is 1. The average molecular weight is 402 g/mol. The zero-order valence-electron chi connectivity index (χ0n) is 15.0. The minimum atomic E-state index is -3.98. The first-order chi connectivity index (χ1) is 12.2. The molecule has 3 N–H and O–H groups in total. The van der Waals surface area contributed by atoms with E-state index < -0.39 is 26.7 Å². The van der Waals surface area contributed by atoms with Gasteiger partial charge < -0.3 is 15.7 Å². The number of nitrogens with zero attached hydrogens (tertiary/aromatic N) is 1. The van der Waals surface area contributed by atoms with Gasteiger partial charge in [-0.1, -0.05) is 37.1 Å². The maximum atomic E-state index is 12.7. The monoisotopic (exact) mass is 401 g/mol. The lowest BCUT2D eigenvalue weighted by molar-refractivity contribution is 0.249. The molecule has 1 atom stereocenters. The van der Waals surface area contributed by atoms with E-state index >= 15 is 0 Å². The fraction of sp³-hybridized carbons (Fsp3) is 0.471. The van der Waals surface area contributed by atoms with E-state index in [0.29, 0.717) is 0 Å². The van der Waals surface area contributed by atoms with Gasteiger partial charge in [0.2, 0.25) is 10.0 Å². The van der Waals surface area contributed by atoms with Gasteiger partial charge in [-0.15, -0.1) is 0 Å². The molecule has 0 bridgehead atoms. The van der Waals surface area contributed by atoms with Gasteiger partial charge >= 0.3 is 6.03 Å². The van der Waals surface area contributed by atoms with Gasteiger partial charge in [-0.25, -0.2) is 13.2 Å². The molecule has 9 heteroatoms. The lowest BCUT2D eigenvalue weighted by Crippen LogP contribution is -2.37. The van der Waals surface area contributed by atoms with Crippen LogP contribution in [0.15, 0.2) is 28.7 Å². The van der Waals surface area contributed by atoms with Crippen LogP contribution in [0.3, 0.4) is 0 Å². The van der Waals surface area contributed by atoms with Crippen molar-refractivity contribution in [3.8, 4) is 5.75 Å².